The van der Waals surface area contributed by atoms with Crippen molar-refractivity contribution in [3.05, 3.63) is 46.3 Å². The minimum absolute atomic E-state index is 0.00688. The highest BCUT2D eigenvalue weighted by atomic mass is 32.1. The summed E-state index contributed by atoms with van der Waals surface area (Å²) in [4.78, 5) is 33.9. The summed E-state index contributed by atoms with van der Waals surface area (Å²) in [7, 11) is 0. The molecule has 2 amide bonds. The predicted octanol–water partition coefficient (Wildman–Crippen LogP) is 4.40. The van der Waals surface area contributed by atoms with Crippen LogP contribution in [0.15, 0.2) is 35.7 Å². The molecule has 0 atom stereocenters. The highest BCUT2D eigenvalue weighted by Gasteiger charge is 2.30. The monoisotopic (exact) mass is 455 g/mol. The molecule has 4 heterocycles. The van der Waals surface area contributed by atoms with Gasteiger partial charge in [0.25, 0.3) is 5.91 Å². The zero-order chi connectivity index (χ0) is 21.4. The van der Waals surface area contributed by atoms with Gasteiger partial charge in [-0.25, -0.2) is 4.98 Å². The zero-order valence-electron chi connectivity index (χ0n) is 16.9. The van der Waals surface area contributed by atoms with Crippen LogP contribution in [0.4, 0.5) is 5.69 Å². The molecule has 3 aromatic rings. The van der Waals surface area contributed by atoms with Gasteiger partial charge in [0.15, 0.2) is 11.5 Å². The van der Waals surface area contributed by atoms with Crippen molar-refractivity contribution >= 4 is 40.2 Å². The van der Waals surface area contributed by atoms with E-state index < -0.39 is 0 Å². The van der Waals surface area contributed by atoms with Crippen LogP contribution in [0.25, 0.3) is 9.88 Å². The molecular formula is C22H21N3O4S2. The van der Waals surface area contributed by atoms with E-state index in [9.17, 15) is 9.59 Å². The topological polar surface area (TPSA) is 80.8 Å². The second-order valence-electron chi connectivity index (χ2n) is 7.53. The maximum Gasteiger partial charge on any atom is 0.265 e. The lowest BCUT2D eigenvalue weighted by molar-refractivity contribution is -0.121. The smallest absolute Gasteiger partial charge is 0.265 e. The summed E-state index contributed by atoms with van der Waals surface area (Å²) in [6, 6.07) is 9.37. The molecule has 2 aliphatic rings. The van der Waals surface area contributed by atoms with Gasteiger partial charge in [0, 0.05) is 30.8 Å². The van der Waals surface area contributed by atoms with Crippen molar-refractivity contribution in [2.45, 2.75) is 19.8 Å². The third-order valence-corrected chi connectivity index (χ3v) is 7.70. The van der Waals surface area contributed by atoms with Crippen molar-refractivity contribution in [3.63, 3.8) is 0 Å². The Kier molecular flexibility index (Phi) is 5.37. The molecule has 1 aromatic carbocycles. The van der Waals surface area contributed by atoms with Crippen LogP contribution in [-0.4, -0.2) is 41.6 Å². The molecule has 1 N–H and O–H groups in total. The number of aryl methyl sites for hydroxylation is 1. The number of ether oxygens (including phenoxy) is 2. The average Bonchev–Trinajstić information content (AvgIpc) is 3.53. The van der Waals surface area contributed by atoms with Crippen molar-refractivity contribution < 1.29 is 19.1 Å². The number of piperidine rings is 1. The first-order valence-corrected chi connectivity index (χ1v) is 11.8. The van der Waals surface area contributed by atoms with Crippen molar-refractivity contribution in [2.75, 3.05) is 25.2 Å². The van der Waals surface area contributed by atoms with Gasteiger partial charge in [0.05, 0.1) is 10.6 Å². The lowest BCUT2D eigenvalue weighted by Gasteiger charge is -2.31. The van der Waals surface area contributed by atoms with E-state index in [1.807, 2.05) is 35.4 Å². The van der Waals surface area contributed by atoms with Crippen LogP contribution < -0.4 is 14.8 Å². The molecule has 5 rings (SSSR count). The molecular weight excluding hydrogens is 434 g/mol. The first kappa shape index (κ1) is 20.0. The second kappa shape index (κ2) is 8.32. The van der Waals surface area contributed by atoms with Crippen LogP contribution in [0.5, 0.6) is 11.5 Å². The molecule has 0 radical (unpaired) electrons. The number of hydrogen-bond acceptors (Lipinski definition) is 7. The highest BCUT2D eigenvalue weighted by Crippen LogP contribution is 2.35. The van der Waals surface area contributed by atoms with Gasteiger partial charge in [-0.1, -0.05) is 6.07 Å². The summed E-state index contributed by atoms with van der Waals surface area (Å²) in [6.07, 6.45) is 1.27. The Bertz CT molecular complexity index is 1120. The van der Waals surface area contributed by atoms with Crippen molar-refractivity contribution in [1.29, 1.82) is 0 Å². The molecule has 0 bridgehead atoms. The summed E-state index contributed by atoms with van der Waals surface area (Å²) >= 11 is 3.06. The SMILES string of the molecule is Cc1nc(-c2cccs2)sc1C(=O)N1CCC(C(=O)Nc2ccc3c(c2)OCO3)CC1. The van der Waals surface area contributed by atoms with Gasteiger partial charge in [-0.2, -0.15) is 0 Å². The molecule has 9 heteroatoms. The minimum Gasteiger partial charge on any atom is -0.454 e. The van der Waals surface area contributed by atoms with Crippen LogP contribution in [-0.2, 0) is 4.79 Å². The fourth-order valence-corrected chi connectivity index (χ4v) is 5.64. The predicted molar refractivity (Wildman–Crippen MR) is 120 cm³/mol. The van der Waals surface area contributed by atoms with E-state index in [0.29, 0.717) is 48.0 Å². The Morgan fingerprint density at radius 3 is 2.74 bits per heavy atom. The number of benzene rings is 1. The van der Waals surface area contributed by atoms with Crippen LogP contribution in [0.3, 0.4) is 0 Å². The van der Waals surface area contributed by atoms with Gasteiger partial charge in [-0.05, 0) is 43.3 Å². The molecule has 1 fully saturated rings. The maximum atomic E-state index is 13.1. The average molecular weight is 456 g/mol. The van der Waals surface area contributed by atoms with Gasteiger partial charge in [-0.3, -0.25) is 9.59 Å². The zero-order valence-corrected chi connectivity index (χ0v) is 18.6. The molecule has 2 aromatic heterocycles. The number of nitrogens with one attached hydrogen (secondary N) is 1. The van der Waals surface area contributed by atoms with Crippen LogP contribution >= 0.6 is 22.7 Å². The third kappa shape index (κ3) is 4.03. The lowest BCUT2D eigenvalue weighted by Crippen LogP contribution is -2.41. The van der Waals surface area contributed by atoms with Gasteiger partial charge in [0.2, 0.25) is 12.7 Å². The first-order valence-electron chi connectivity index (χ1n) is 10.1. The maximum absolute atomic E-state index is 13.1. The highest BCUT2D eigenvalue weighted by molar-refractivity contribution is 7.22. The van der Waals surface area contributed by atoms with Crippen molar-refractivity contribution in [3.8, 4) is 21.4 Å². The molecule has 7 nitrogen and oxygen atoms in total. The summed E-state index contributed by atoms with van der Waals surface area (Å²) in [5.74, 6) is 1.18. The molecule has 2 aliphatic heterocycles. The number of amides is 2. The second-order valence-corrected chi connectivity index (χ2v) is 9.48. The van der Waals surface area contributed by atoms with E-state index >= 15 is 0 Å². The number of nitrogens with zero attached hydrogens (tertiary/aromatic N) is 2. The summed E-state index contributed by atoms with van der Waals surface area (Å²) in [5.41, 5.74) is 1.45. The number of likely N-dealkylation sites (tertiary alicyclic amines) is 1. The number of carbonyl (C=O) groups excluding carboxylic acids is 2. The Morgan fingerprint density at radius 1 is 1.16 bits per heavy atom. The van der Waals surface area contributed by atoms with Crippen LogP contribution in [0.2, 0.25) is 0 Å². The molecule has 0 unspecified atom stereocenters. The Hall–Kier alpha value is -2.91. The van der Waals surface area contributed by atoms with E-state index in [2.05, 4.69) is 10.3 Å². The fraction of sp³-hybridized carbons (Fsp3) is 0.318. The minimum atomic E-state index is -0.126. The largest absolute Gasteiger partial charge is 0.454 e. The summed E-state index contributed by atoms with van der Waals surface area (Å²) < 4.78 is 10.7. The van der Waals surface area contributed by atoms with Gasteiger partial charge >= 0.3 is 0 Å². The number of anilines is 1. The number of thiophene rings is 1. The molecule has 160 valence electrons. The van der Waals surface area contributed by atoms with E-state index in [1.54, 1.807) is 23.5 Å². The quantitative estimate of drug-likeness (QED) is 0.631. The summed E-state index contributed by atoms with van der Waals surface area (Å²) in [5, 5.41) is 5.85. The number of thiazole rings is 1. The Labute approximate surface area is 187 Å². The molecule has 0 spiro atoms. The molecule has 1 saturated heterocycles. The van der Waals surface area contributed by atoms with Crippen molar-refractivity contribution in [2.24, 2.45) is 5.92 Å². The summed E-state index contributed by atoms with van der Waals surface area (Å²) in [6.45, 7) is 3.20. The van der Waals surface area contributed by atoms with Crippen LogP contribution in [0, 0.1) is 12.8 Å². The number of carbonyl (C=O) groups is 2. The number of fused-ring (bicyclic) bond motifs is 1. The number of hydrogen-bond donors (Lipinski definition) is 1. The fourth-order valence-electron chi connectivity index (χ4n) is 3.81. The molecule has 31 heavy (non-hydrogen) atoms. The number of aromatic nitrogens is 1. The van der Waals surface area contributed by atoms with Crippen LogP contribution in [0.1, 0.15) is 28.2 Å². The van der Waals surface area contributed by atoms with E-state index in [1.165, 1.54) is 11.3 Å². The molecule has 0 aliphatic carbocycles. The first-order chi connectivity index (χ1) is 15.1. The third-order valence-electron chi connectivity index (χ3n) is 5.52. The Morgan fingerprint density at radius 2 is 1.97 bits per heavy atom. The van der Waals surface area contributed by atoms with Gasteiger partial charge < -0.3 is 19.7 Å². The van der Waals surface area contributed by atoms with E-state index in [4.69, 9.17) is 9.47 Å². The lowest BCUT2D eigenvalue weighted by atomic mass is 9.95. The van der Waals surface area contributed by atoms with E-state index in [-0.39, 0.29) is 24.5 Å². The van der Waals surface area contributed by atoms with Gasteiger partial charge in [0.1, 0.15) is 9.88 Å². The standard InChI is InChI=1S/C22H21N3O4S2/c1-13-19(31-21(23-13)18-3-2-10-30-18)22(27)25-8-6-14(7-9-25)20(26)24-15-4-5-16-17(11-15)29-12-28-16/h2-5,10-11,14H,6-9,12H2,1H3,(H,24,26). The van der Waals surface area contributed by atoms with E-state index in [0.717, 1.165) is 15.6 Å². The Balaban J connectivity index is 1.19. The molecule has 0 saturated carbocycles. The number of rotatable bonds is 4. The normalized spacial score (nSPS) is 15.8. The van der Waals surface area contributed by atoms with Gasteiger partial charge in [-0.15, -0.1) is 22.7 Å². The van der Waals surface area contributed by atoms with Crippen molar-refractivity contribution in [1.82, 2.24) is 9.88 Å².